The van der Waals surface area contributed by atoms with E-state index in [0.29, 0.717) is 0 Å². The van der Waals surface area contributed by atoms with Gasteiger partial charge in [-0.2, -0.15) is 0 Å². The molecule has 0 spiro atoms. The molecule has 1 rings (SSSR count). The first kappa shape index (κ1) is 9.05. The van der Waals surface area contributed by atoms with Gasteiger partial charge in [-0.3, -0.25) is 0 Å². The predicted octanol–water partition coefficient (Wildman–Crippen LogP) is 2.37. The van der Waals surface area contributed by atoms with Crippen LogP contribution in [-0.4, -0.2) is 25.5 Å². The summed E-state index contributed by atoms with van der Waals surface area (Å²) in [5.41, 5.74) is 0. The number of nitrogens with zero attached hydrogens (tertiary/aromatic N) is 1. The van der Waals surface area contributed by atoms with Gasteiger partial charge in [-0.15, -0.1) is 0 Å². The molecule has 1 saturated carbocycles. The van der Waals surface area contributed by atoms with Crippen molar-refractivity contribution < 1.29 is 0 Å². The van der Waals surface area contributed by atoms with E-state index in [0.717, 1.165) is 11.8 Å². The molecule has 1 fully saturated rings. The van der Waals surface area contributed by atoms with Crippen LogP contribution in [0.3, 0.4) is 0 Å². The largest absolute Gasteiger partial charge is 0.309 e. The van der Waals surface area contributed by atoms with Crippen LogP contribution in [0.25, 0.3) is 0 Å². The summed E-state index contributed by atoms with van der Waals surface area (Å²) in [7, 11) is 4.33. The van der Waals surface area contributed by atoms with Crippen molar-refractivity contribution >= 4 is 0 Å². The molecule has 2 atom stereocenters. The van der Waals surface area contributed by atoms with Crippen LogP contribution in [0.15, 0.2) is 0 Å². The summed E-state index contributed by atoms with van der Waals surface area (Å²) in [5, 5.41) is 0. The molecule has 0 aromatic heterocycles. The van der Waals surface area contributed by atoms with Gasteiger partial charge in [0.2, 0.25) is 0 Å². The van der Waals surface area contributed by atoms with Crippen LogP contribution >= 0.6 is 0 Å². The van der Waals surface area contributed by atoms with Gasteiger partial charge in [-0.05, 0) is 38.9 Å². The van der Waals surface area contributed by atoms with Crippen LogP contribution < -0.4 is 0 Å². The molecule has 1 aliphatic rings. The van der Waals surface area contributed by atoms with Gasteiger partial charge in [0.25, 0.3) is 0 Å². The SMILES string of the molecule is CC1CCCC1CCN(C)C. The Labute approximate surface area is 70.8 Å². The minimum atomic E-state index is 0.995. The minimum Gasteiger partial charge on any atom is -0.309 e. The quantitative estimate of drug-likeness (QED) is 0.605. The maximum atomic E-state index is 2.41. The molecule has 0 bridgehead atoms. The van der Waals surface area contributed by atoms with Gasteiger partial charge in [0.15, 0.2) is 0 Å². The zero-order valence-corrected chi connectivity index (χ0v) is 8.14. The van der Waals surface area contributed by atoms with Crippen molar-refractivity contribution in [2.75, 3.05) is 20.6 Å². The Morgan fingerprint density at radius 3 is 2.45 bits per heavy atom. The molecule has 0 aliphatic heterocycles. The Morgan fingerprint density at radius 2 is 2.00 bits per heavy atom. The molecule has 66 valence electrons. The highest BCUT2D eigenvalue weighted by atomic mass is 15.0. The third kappa shape index (κ3) is 2.82. The van der Waals surface area contributed by atoms with Crippen LogP contribution in [-0.2, 0) is 0 Å². The third-order valence-electron chi connectivity index (χ3n) is 2.99. The average molecular weight is 155 g/mol. The number of rotatable bonds is 3. The number of hydrogen-bond acceptors (Lipinski definition) is 1. The Hall–Kier alpha value is -0.0400. The summed E-state index contributed by atoms with van der Waals surface area (Å²) in [4.78, 5) is 2.30. The lowest BCUT2D eigenvalue weighted by atomic mass is 9.95. The van der Waals surface area contributed by atoms with Gasteiger partial charge in [0.1, 0.15) is 0 Å². The summed E-state index contributed by atoms with van der Waals surface area (Å²) in [5.74, 6) is 2.02. The van der Waals surface area contributed by atoms with Gasteiger partial charge in [0, 0.05) is 0 Å². The van der Waals surface area contributed by atoms with Crippen molar-refractivity contribution in [3.8, 4) is 0 Å². The first-order chi connectivity index (χ1) is 5.20. The average Bonchev–Trinajstić information content (AvgIpc) is 2.31. The Morgan fingerprint density at radius 1 is 1.27 bits per heavy atom. The van der Waals surface area contributed by atoms with Gasteiger partial charge in [0.05, 0.1) is 0 Å². The Kier molecular flexibility index (Phi) is 3.38. The van der Waals surface area contributed by atoms with E-state index in [9.17, 15) is 0 Å². The standard InChI is InChI=1S/C10H21N/c1-9-5-4-6-10(9)7-8-11(2)3/h9-10H,4-8H2,1-3H3. The van der Waals surface area contributed by atoms with Crippen LogP contribution in [0.1, 0.15) is 32.6 Å². The molecule has 0 radical (unpaired) electrons. The van der Waals surface area contributed by atoms with E-state index in [4.69, 9.17) is 0 Å². The smallest absolute Gasteiger partial charge is 0.00221 e. The van der Waals surface area contributed by atoms with Crippen molar-refractivity contribution in [2.45, 2.75) is 32.6 Å². The molecule has 0 aromatic rings. The van der Waals surface area contributed by atoms with Crippen molar-refractivity contribution in [2.24, 2.45) is 11.8 Å². The van der Waals surface area contributed by atoms with E-state index in [1.165, 1.54) is 32.2 Å². The molecule has 0 N–H and O–H groups in total. The van der Waals surface area contributed by atoms with Gasteiger partial charge >= 0.3 is 0 Å². The zero-order valence-electron chi connectivity index (χ0n) is 8.14. The van der Waals surface area contributed by atoms with E-state index in [2.05, 4.69) is 25.9 Å². The maximum absolute atomic E-state index is 2.41. The third-order valence-corrected chi connectivity index (χ3v) is 2.99. The van der Waals surface area contributed by atoms with Crippen LogP contribution in [0.2, 0.25) is 0 Å². The van der Waals surface area contributed by atoms with Crippen molar-refractivity contribution in [3.05, 3.63) is 0 Å². The highest BCUT2D eigenvalue weighted by Gasteiger charge is 2.22. The highest BCUT2D eigenvalue weighted by Crippen LogP contribution is 2.33. The molecule has 0 amide bonds. The summed E-state index contributed by atoms with van der Waals surface area (Å²) >= 11 is 0. The fraction of sp³-hybridized carbons (Fsp3) is 1.00. The summed E-state index contributed by atoms with van der Waals surface area (Å²) < 4.78 is 0. The van der Waals surface area contributed by atoms with Crippen molar-refractivity contribution in [3.63, 3.8) is 0 Å². The second kappa shape index (κ2) is 4.10. The van der Waals surface area contributed by atoms with E-state index >= 15 is 0 Å². The van der Waals surface area contributed by atoms with Crippen molar-refractivity contribution in [1.29, 1.82) is 0 Å². The first-order valence-electron chi connectivity index (χ1n) is 4.85. The minimum absolute atomic E-state index is 0.995. The first-order valence-corrected chi connectivity index (χ1v) is 4.85. The molecule has 11 heavy (non-hydrogen) atoms. The van der Waals surface area contributed by atoms with Gasteiger partial charge in [-0.1, -0.05) is 26.2 Å². The van der Waals surface area contributed by atoms with Crippen LogP contribution in [0.4, 0.5) is 0 Å². The van der Waals surface area contributed by atoms with Crippen LogP contribution in [0, 0.1) is 11.8 Å². The molecule has 0 heterocycles. The lowest BCUT2D eigenvalue weighted by Gasteiger charge is -2.17. The second-order valence-electron chi connectivity index (χ2n) is 4.26. The van der Waals surface area contributed by atoms with Gasteiger partial charge in [-0.25, -0.2) is 0 Å². The van der Waals surface area contributed by atoms with Crippen LogP contribution in [0.5, 0.6) is 0 Å². The van der Waals surface area contributed by atoms with Gasteiger partial charge < -0.3 is 4.90 Å². The van der Waals surface area contributed by atoms with E-state index in [1.54, 1.807) is 0 Å². The maximum Gasteiger partial charge on any atom is -0.00221 e. The fourth-order valence-corrected chi connectivity index (χ4v) is 2.08. The van der Waals surface area contributed by atoms with E-state index in [-0.39, 0.29) is 0 Å². The normalized spacial score (nSPS) is 31.6. The zero-order chi connectivity index (χ0) is 8.27. The second-order valence-corrected chi connectivity index (χ2v) is 4.26. The summed E-state index contributed by atoms with van der Waals surface area (Å²) in [6.07, 6.45) is 5.83. The Balaban J connectivity index is 2.15. The molecule has 0 saturated heterocycles. The molecule has 1 heteroatoms. The van der Waals surface area contributed by atoms with E-state index in [1.807, 2.05) is 0 Å². The molecule has 2 unspecified atom stereocenters. The molecule has 1 nitrogen and oxygen atoms in total. The lowest BCUT2D eigenvalue weighted by molar-refractivity contribution is 0.315. The highest BCUT2D eigenvalue weighted by molar-refractivity contribution is 4.74. The topological polar surface area (TPSA) is 3.24 Å². The molecular formula is C10H21N. The number of hydrogen-bond donors (Lipinski definition) is 0. The summed E-state index contributed by atoms with van der Waals surface area (Å²) in [6.45, 7) is 3.68. The van der Waals surface area contributed by atoms with Crippen molar-refractivity contribution in [1.82, 2.24) is 4.90 Å². The fourth-order valence-electron chi connectivity index (χ4n) is 2.08. The molecule has 1 aliphatic carbocycles. The molecular weight excluding hydrogens is 134 g/mol. The summed E-state index contributed by atoms with van der Waals surface area (Å²) in [6, 6.07) is 0. The van der Waals surface area contributed by atoms with E-state index < -0.39 is 0 Å². The predicted molar refractivity (Wildman–Crippen MR) is 49.7 cm³/mol. The molecule has 0 aromatic carbocycles. The lowest BCUT2D eigenvalue weighted by Crippen LogP contribution is -2.17. The Bertz CT molecular complexity index is 109. The monoisotopic (exact) mass is 155 g/mol.